The van der Waals surface area contributed by atoms with E-state index in [1.165, 1.54) is 24.3 Å². The first kappa shape index (κ1) is 11.8. The molecule has 0 saturated heterocycles. The first-order chi connectivity index (χ1) is 8.22. The molecule has 17 heavy (non-hydrogen) atoms. The van der Waals surface area contributed by atoms with Gasteiger partial charge in [-0.05, 0) is 36.8 Å². The van der Waals surface area contributed by atoms with Gasteiger partial charge in [-0.15, -0.1) is 0 Å². The van der Waals surface area contributed by atoms with Gasteiger partial charge in [0.2, 0.25) is 0 Å². The van der Waals surface area contributed by atoms with Crippen molar-refractivity contribution < 1.29 is 13.5 Å². The van der Waals surface area contributed by atoms with E-state index in [0.717, 1.165) is 12.8 Å². The molecular weight excluding hydrogens is 222 g/mol. The summed E-state index contributed by atoms with van der Waals surface area (Å²) in [6.07, 6.45) is 1.95. The summed E-state index contributed by atoms with van der Waals surface area (Å²) in [5.74, 6) is -0.208. The Morgan fingerprint density at radius 1 is 1.06 bits per heavy atom. The summed E-state index contributed by atoms with van der Waals surface area (Å²) in [6, 6.07) is 6.89. The van der Waals surface area contributed by atoms with Gasteiger partial charge >= 0.3 is 0 Å². The summed E-state index contributed by atoms with van der Waals surface area (Å²) in [6.45, 7) is 2.62. The van der Waals surface area contributed by atoms with Gasteiger partial charge in [0.25, 0.3) is 0 Å². The number of unbranched alkanes of at least 4 members (excludes halogenated alkanes) is 1. The molecule has 0 unspecified atom stereocenters. The van der Waals surface area contributed by atoms with E-state index < -0.39 is 0 Å². The summed E-state index contributed by atoms with van der Waals surface area (Å²) >= 11 is 0. The molecule has 0 atom stereocenters. The number of hydrogen-bond donors (Lipinski definition) is 0. The first-order valence-electron chi connectivity index (χ1n) is 5.73. The zero-order valence-corrected chi connectivity index (χ0v) is 9.67. The molecule has 0 fully saturated rings. The van der Waals surface area contributed by atoms with Crippen molar-refractivity contribution in [2.75, 3.05) is 6.61 Å². The van der Waals surface area contributed by atoms with Gasteiger partial charge < -0.3 is 4.74 Å². The minimum Gasteiger partial charge on any atom is -0.493 e. The van der Waals surface area contributed by atoms with Crippen molar-refractivity contribution in [3.05, 3.63) is 42.0 Å². The van der Waals surface area contributed by atoms with Crippen LogP contribution in [0.3, 0.4) is 0 Å². The monoisotopic (exact) mass is 236 g/mol. The third kappa shape index (κ3) is 2.54. The predicted octanol–water partition coefficient (Wildman–Crippen LogP) is 4.30. The maximum atomic E-state index is 13.5. The van der Waals surface area contributed by atoms with Crippen LogP contribution in [-0.4, -0.2) is 6.61 Å². The molecular formula is C14H14F2O. The lowest BCUT2D eigenvalue weighted by molar-refractivity contribution is 0.312. The van der Waals surface area contributed by atoms with Crippen LogP contribution in [0, 0.1) is 11.6 Å². The van der Waals surface area contributed by atoms with Crippen molar-refractivity contribution in [1.29, 1.82) is 0 Å². The standard InChI is InChI=1S/C14H14F2O/c1-2-3-8-17-14-7-6-13(16)11-5-4-10(15)9-12(11)14/h4-7,9H,2-3,8H2,1H3. The van der Waals surface area contributed by atoms with E-state index in [1.54, 1.807) is 6.07 Å². The number of halogens is 2. The molecule has 0 spiro atoms. The topological polar surface area (TPSA) is 9.23 Å². The summed E-state index contributed by atoms with van der Waals surface area (Å²) in [4.78, 5) is 0. The molecule has 0 amide bonds. The van der Waals surface area contributed by atoms with Gasteiger partial charge in [-0.1, -0.05) is 13.3 Å². The first-order valence-corrected chi connectivity index (χ1v) is 5.73. The van der Waals surface area contributed by atoms with Gasteiger partial charge in [0, 0.05) is 10.8 Å². The Morgan fingerprint density at radius 3 is 2.65 bits per heavy atom. The van der Waals surface area contributed by atoms with Gasteiger partial charge in [-0.3, -0.25) is 0 Å². The smallest absolute Gasteiger partial charge is 0.131 e. The van der Waals surface area contributed by atoms with Crippen LogP contribution < -0.4 is 4.74 Å². The number of hydrogen-bond acceptors (Lipinski definition) is 1. The van der Waals surface area contributed by atoms with E-state index in [1.807, 2.05) is 0 Å². The molecule has 0 radical (unpaired) electrons. The fraction of sp³-hybridized carbons (Fsp3) is 0.286. The lowest BCUT2D eigenvalue weighted by Crippen LogP contribution is -1.97. The maximum absolute atomic E-state index is 13.5. The molecule has 0 aliphatic rings. The Bertz CT molecular complexity index is 523. The molecule has 2 rings (SSSR count). The lowest BCUT2D eigenvalue weighted by Gasteiger charge is -2.09. The highest BCUT2D eigenvalue weighted by molar-refractivity contribution is 5.88. The predicted molar refractivity (Wildman–Crippen MR) is 64.3 cm³/mol. The highest BCUT2D eigenvalue weighted by Gasteiger charge is 2.07. The van der Waals surface area contributed by atoms with Gasteiger partial charge in [-0.25, -0.2) is 8.78 Å². The molecule has 0 aliphatic heterocycles. The van der Waals surface area contributed by atoms with E-state index in [-0.39, 0.29) is 11.6 Å². The molecule has 2 aromatic carbocycles. The summed E-state index contributed by atoms with van der Waals surface area (Å²) in [5, 5.41) is 0.876. The van der Waals surface area contributed by atoms with Crippen molar-refractivity contribution >= 4 is 10.8 Å². The van der Waals surface area contributed by atoms with E-state index in [2.05, 4.69) is 6.92 Å². The third-order valence-corrected chi connectivity index (χ3v) is 2.64. The minimum absolute atomic E-state index is 0.358. The van der Waals surface area contributed by atoms with E-state index >= 15 is 0 Å². The van der Waals surface area contributed by atoms with Crippen LogP contribution in [0.1, 0.15) is 19.8 Å². The SMILES string of the molecule is CCCCOc1ccc(F)c2ccc(F)cc12. The Kier molecular flexibility index (Phi) is 3.57. The quantitative estimate of drug-likeness (QED) is 0.719. The van der Waals surface area contributed by atoms with Crippen molar-refractivity contribution in [3.8, 4) is 5.75 Å². The van der Waals surface area contributed by atoms with E-state index in [0.29, 0.717) is 23.1 Å². The van der Waals surface area contributed by atoms with Gasteiger partial charge in [0.1, 0.15) is 17.4 Å². The Hall–Kier alpha value is -1.64. The van der Waals surface area contributed by atoms with Crippen LogP contribution in [0.15, 0.2) is 30.3 Å². The van der Waals surface area contributed by atoms with Gasteiger partial charge in [0.05, 0.1) is 6.61 Å². The van der Waals surface area contributed by atoms with Crippen molar-refractivity contribution in [2.45, 2.75) is 19.8 Å². The van der Waals surface area contributed by atoms with Crippen molar-refractivity contribution in [1.82, 2.24) is 0 Å². The number of benzene rings is 2. The molecule has 2 aromatic rings. The number of rotatable bonds is 4. The van der Waals surface area contributed by atoms with Crippen LogP contribution >= 0.6 is 0 Å². The van der Waals surface area contributed by atoms with E-state index in [9.17, 15) is 8.78 Å². The van der Waals surface area contributed by atoms with Crippen LogP contribution in [0.4, 0.5) is 8.78 Å². The third-order valence-electron chi connectivity index (χ3n) is 2.64. The van der Waals surface area contributed by atoms with Gasteiger partial charge in [-0.2, -0.15) is 0 Å². The molecule has 1 nitrogen and oxygen atoms in total. The van der Waals surface area contributed by atoms with E-state index in [4.69, 9.17) is 4.74 Å². The second-order valence-corrected chi connectivity index (χ2v) is 3.94. The average Bonchev–Trinajstić information content (AvgIpc) is 2.32. The normalized spacial score (nSPS) is 10.8. The molecule has 0 N–H and O–H groups in total. The molecule has 0 saturated carbocycles. The number of fused-ring (bicyclic) bond motifs is 1. The van der Waals surface area contributed by atoms with Crippen molar-refractivity contribution in [3.63, 3.8) is 0 Å². The second-order valence-electron chi connectivity index (χ2n) is 3.94. The Balaban J connectivity index is 2.41. The fourth-order valence-corrected chi connectivity index (χ4v) is 1.71. The molecule has 90 valence electrons. The molecule has 0 aliphatic carbocycles. The largest absolute Gasteiger partial charge is 0.493 e. The highest BCUT2D eigenvalue weighted by Crippen LogP contribution is 2.28. The van der Waals surface area contributed by atoms with Crippen LogP contribution in [0.25, 0.3) is 10.8 Å². The molecule has 3 heteroatoms. The number of ether oxygens (including phenoxy) is 1. The fourth-order valence-electron chi connectivity index (χ4n) is 1.71. The zero-order valence-electron chi connectivity index (χ0n) is 9.67. The molecule has 0 heterocycles. The minimum atomic E-state index is -0.386. The average molecular weight is 236 g/mol. The summed E-state index contributed by atoms with van der Waals surface area (Å²) in [7, 11) is 0. The molecule has 0 aromatic heterocycles. The van der Waals surface area contributed by atoms with Crippen molar-refractivity contribution in [2.24, 2.45) is 0 Å². The van der Waals surface area contributed by atoms with Crippen LogP contribution in [0.5, 0.6) is 5.75 Å². The maximum Gasteiger partial charge on any atom is 0.131 e. The summed E-state index contributed by atoms with van der Waals surface area (Å²) < 4.78 is 32.2. The van der Waals surface area contributed by atoms with Crippen LogP contribution in [0.2, 0.25) is 0 Å². The van der Waals surface area contributed by atoms with Gasteiger partial charge in [0.15, 0.2) is 0 Å². The second kappa shape index (κ2) is 5.13. The summed E-state index contributed by atoms with van der Waals surface area (Å²) in [5.41, 5.74) is 0. The Labute approximate surface area is 99.0 Å². The molecule has 0 bridgehead atoms. The Morgan fingerprint density at radius 2 is 1.88 bits per heavy atom. The highest BCUT2D eigenvalue weighted by atomic mass is 19.1. The van der Waals surface area contributed by atoms with Crippen LogP contribution in [-0.2, 0) is 0 Å². The lowest BCUT2D eigenvalue weighted by atomic mass is 10.1. The zero-order chi connectivity index (χ0) is 12.3.